The van der Waals surface area contributed by atoms with Gasteiger partial charge >= 0.3 is 0 Å². The Labute approximate surface area is 128 Å². The summed E-state index contributed by atoms with van der Waals surface area (Å²) < 4.78 is 13.6. The highest BCUT2D eigenvalue weighted by molar-refractivity contribution is 6.32. The number of hydrogen-bond donors (Lipinski definition) is 1. The van der Waals surface area contributed by atoms with E-state index >= 15 is 0 Å². The normalized spacial score (nSPS) is 16.6. The first kappa shape index (κ1) is 15.9. The van der Waals surface area contributed by atoms with Crippen molar-refractivity contribution >= 4 is 23.6 Å². The third kappa shape index (κ3) is 4.27. The van der Waals surface area contributed by atoms with Gasteiger partial charge in [-0.05, 0) is 18.2 Å². The van der Waals surface area contributed by atoms with Crippen LogP contribution >= 0.6 is 11.6 Å². The average molecular weight is 313 g/mol. The molecule has 1 aliphatic rings. The Balaban J connectivity index is 1.95. The lowest BCUT2D eigenvalue weighted by Crippen LogP contribution is -2.48. The second-order valence-corrected chi connectivity index (χ2v) is 5.27. The van der Waals surface area contributed by atoms with E-state index in [-0.39, 0.29) is 23.1 Å². The molecule has 0 spiro atoms. The average Bonchev–Trinajstić information content (AvgIpc) is 2.47. The number of β-amino-alcohol motifs (C(OH)–C–C–N with tert-alkyl or cyclic N) is 1. The molecule has 0 aliphatic carbocycles. The van der Waals surface area contributed by atoms with Crippen molar-refractivity contribution in [2.24, 2.45) is 0 Å². The van der Waals surface area contributed by atoms with Gasteiger partial charge in [0.2, 0.25) is 5.91 Å². The number of carbonyl (C=O) groups excluding carboxylic acids is 1. The Bertz CT molecular complexity index is 508. The maximum Gasteiger partial charge on any atom is 0.246 e. The number of carbonyl (C=O) groups is 1. The van der Waals surface area contributed by atoms with Gasteiger partial charge in [0.25, 0.3) is 0 Å². The standard InChI is InChI=1S/C15H18ClFN2O2/c16-13-2-1-3-14(17)12(13)4-5-15(21)19-8-6-18(7-9-19)10-11-20/h1-5,20H,6-11H2/b5-4+. The molecule has 1 amide bonds. The predicted molar refractivity (Wildman–Crippen MR) is 80.5 cm³/mol. The van der Waals surface area contributed by atoms with Crippen molar-refractivity contribution in [3.63, 3.8) is 0 Å². The smallest absolute Gasteiger partial charge is 0.246 e. The number of halogens is 2. The van der Waals surface area contributed by atoms with E-state index in [0.29, 0.717) is 19.6 Å². The van der Waals surface area contributed by atoms with E-state index in [1.807, 2.05) is 0 Å². The third-order valence-corrected chi connectivity index (χ3v) is 3.82. The molecule has 1 saturated heterocycles. The molecule has 0 saturated carbocycles. The number of aliphatic hydroxyl groups is 1. The minimum atomic E-state index is -0.445. The minimum Gasteiger partial charge on any atom is -0.395 e. The van der Waals surface area contributed by atoms with E-state index in [4.69, 9.17) is 16.7 Å². The van der Waals surface area contributed by atoms with Gasteiger partial charge in [0.05, 0.1) is 11.6 Å². The van der Waals surface area contributed by atoms with Crippen molar-refractivity contribution in [1.82, 2.24) is 9.80 Å². The van der Waals surface area contributed by atoms with Gasteiger partial charge in [0.15, 0.2) is 0 Å². The molecule has 0 radical (unpaired) electrons. The van der Waals surface area contributed by atoms with Crippen LogP contribution in [0.3, 0.4) is 0 Å². The highest BCUT2D eigenvalue weighted by atomic mass is 35.5. The van der Waals surface area contributed by atoms with Crippen molar-refractivity contribution < 1.29 is 14.3 Å². The van der Waals surface area contributed by atoms with Crippen LogP contribution in [0.4, 0.5) is 4.39 Å². The summed E-state index contributed by atoms with van der Waals surface area (Å²) >= 11 is 5.91. The summed E-state index contributed by atoms with van der Waals surface area (Å²) in [6, 6.07) is 4.42. The summed E-state index contributed by atoms with van der Waals surface area (Å²) in [6.45, 7) is 3.44. The third-order valence-electron chi connectivity index (χ3n) is 3.49. The molecule has 1 fully saturated rings. The highest BCUT2D eigenvalue weighted by Crippen LogP contribution is 2.20. The monoisotopic (exact) mass is 312 g/mol. The van der Waals surface area contributed by atoms with Crippen LogP contribution in [0.1, 0.15) is 5.56 Å². The molecule has 114 valence electrons. The molecule has 0 aromatic heterocycles. The number of benzene rings is 1. The number of nitrogens with zero attached hydrogens (tertiary/aromatic N) is 2. The Morgan fingerprint density at radius 1 is 1.33 bits per heavy atom. The van der Waals surface area contributed by atoms with Gasteiger partial charge in [-0.25, -0.2) is 4.39 Å². The van der Waals surface area contributed by atoms with Gasteiger partial charge in [0, 0.05) is 44.4 Å². The zero-order valence-electron chi connectivity index (χ0n) is 11.6. The molecule has 2 rings (SSSR count). The maximum atomic E-state index is 13.6. The first-order valence-electron chi connectivity index (χ1n) is 6.86. The van der Waals surface area contributed by atoms with Crippen molar-refractivity contribution in [1.29, 1.82) is 0 Å². The van der Waals surface area contributed by atoms with Gasteiger partial charge in [-0.3, -0.25) is 9.69 Å². The van der Waals surface area contributed by atoms with Crippen molar-refractivity contribution in [2.45, 2.75) is 0 Å². The van der Waals surface area contributed by atoms with Crippen LogP contribution in [0, 0.1) is 5.82 Å². The molecular weight excluding hydrogens is 295 g/mol. The van der Waals surface area contributed by atoms with Gasteiger partial charge in [-0.1, -0.05) is 17.7 Å². The zero-order chi connectivity index (χ0) is 15.2. The van der Waals surface area contributed by atoms with E-state index < -0.39 is 5.82 Å². The lowest BCUT2D eigenvalue weighted by atomic mass is 10.2. The van der Waals surface area contributed by atoms with Crippen LogP contribution in [-0.2, 0) is 4.79 Å². The molecule has 1 aromatic rings. The second kappa shape index (κ2) is 7.54. The lowest BCUT2D eigenvalue weighted by Gasteiger charge is -2.33. The van der Waals surface area contributed by atoms with Gasteiger partial charge in [0.1, 0.15) is 5.82 Å². The molecule has 0 bridgehead atoms. The van der Waals surface area contributed by atoms with Gasteiger partial charge in [-0.2, -0.15) is 0 Å². The Morgan fingerprint density at radius 3 is 2.67 bits per heavy atom. The molecule has 0 unspecified atom stereocenters. The molecular formula is C15H18ClFN2O2. The zero-order valence-corrected chi connectivity index (χ0v) is 12.4. The molecule has 1 N–H and O–H groups in total. The Hall–Kier alpha value is -1.43. The quantitative estimate of drug-likeness (QED) is 0.859. The van der Waals surface area contributed by atoms with Crippen LogP contribution in [-0.4, -0.2) is 60.1 Å². The van der Waals surface area contributed by atoms with Gasteiger partial charge < -0.3 is 10.0 Å². The summed E-state index contributed by atoms with van der Waals surface area (Å²) in [5.41, 5.74) is 0.228. The summed E-state index contributed by atoms with van der Waals surface area (Å²) in [7, 11) is 0. The maximum absolute atomic E-state index is 13.6. The van der Waals surface area contributed by atoms with Crippen LogP contribution in [0.5, 0.6) is 0 Å². The van der Waals surface area contributed by atoms with Gasteiger partial charge in [-0.15, -0.1) is 0 Å². The van der Waals surface area contributed by atoms with E-state index in [2.05, 4.69) is 4.90 Å². The number of piperazine rings is 1. The van der Waals surface area contributed by atoms with E-state index in [9.17, 15) is 9.18 Å². The number of amides is 1. The molecule has 6 heteroatoms. The lowest BCUT2D eigenvalue weighted by molar-refractivity contribution is -0.127. The van der Waals surface area contributed by atoms with Crippen LogP contribution in [0.25, 0.3) is 6.08 Å². The van der Waals surface area contributed by atoms with E-state index in [1.165, 1.54) is 24.3 Å². The van der Waals surface area contributed by atoms with Crippen LogP contribution in [0.2, 0.25) is 5.02 Å². The largest absolute Gasteiger partial charge is 0.395 e. The predicted octanol–water partition coefficient (Wildman–Crippen LogP) is 1.63. The fourth-order valence-corrected chi connectivity index (χ4v) is 2.49. The van der Waals surface area contributed by atoms with Crippen LogP contribution in [0.15, 0.2) is 24.3 Å². The molecule has 1 aliphatic heterocycles. The fourth-order valence-electron chi connectivity index (χ4n) is 2.26. The molecule has 0 atom stereocenters. The number of aliphatic hydroxyl groups excluding tert-OH is 1. The molecule has 1 heterocycles. The summed E-state index contributed by atoms with van der Waals surface area (Å²) in [5, 5.41) is 9.16. The van der Waals surface area contributed by atoms with Crippen LogP contribution < -0.4 is 0 Å². The highest BCUT2D eigenvalue weighted by Gasteiger charge is 2.19. The topological polar surface area (TPSA) is 43.8 Å². The molecule has 1 aromatic carbocycles. The van der Waals surface area contributed by atoms with Crippen molar-refractivity contribution in [3.8, 4) is 0 Å². The molecule has 21 heavy (non-hydrogen) atoms. The minimum absolute atomic E-state index is 0.125. The van der Waals surface area contributed by atoms with Crippen molar-refractivity contribution in [3.05, 3.63) is 40.7 Å². The van der Waals surface area contributed by atoms with Crippen molar-refractivity contribution in [2.75, 3.05) is 39.3 Å². The first-order chi connectivity index (χ1) is 10.1. The number of hydrogen-bond acceptors (Lipinski definition) is 3. The van der Waals surface area contributed by atoms with E-state index in [0.717, 1.165) is 13.1 Å². The second-order valence-electron chi connectivity index (χ2n) is 4.86. The Kier molecular flexibility index (Phi) is 5.73. The Morgan fingerprint density at radius 2 is 2.05 bits per heavy atom. The summed E-state index contributed by atoms with van der Waals surface area (Å²) in [5.74, 6) is -0.600. The van der Waals surface area contributed by atoms with E-state index in [1.54, 1.807) is 11.0 Å². The number of rotatable bonds is 4. The molecule has 4 nitrogen and oxygen atoms in total. The summed E-state index contributed by atoms with van der Waals surface area (Å²) in [4.78, 5) is 15.9. The SMILES string of the molecule is O=C(/C=C/c1c(F)cccc1Cl)N1CCN(CCO)CC1. The summed E-state index contributed by atoms with van der Waals surface area (Å²) in [6.07, 6.45) is 2.77. The first-order valence-corrected chi connectivity index (χ1v) is 7.24. The fraction of sp³-hybridized carbons (Fsp3) is 0.400.